The van der Waals surface area contributed by atoms with E-state index in [2.05, 4.69) is 35.5 Å². The fourth-order valence-corrected chi connectivity index (χ4v) is 4.41. The lowest BCUT2D eigenvalue weighted by Crippen LogP contribution is -2.41. The Balaban J connectivity index is 1.57. The van der Waals surface area contributed by atoms with Gasteiger partial charge in [-0.05, 0) is 71.2 Å². The van der Waals surface area contributed by atoms with Crippen LogP contribution in [-0.4, -0.2) is 43.8 Å². The zero-order chi connectivity index (χ0) is 22.3. The third-order valence-electron chi connectivity index (χ3n) is 5.80. The molecule has 0 aliphatic carbocycles. The Morgan fingerprint density at radius 1 is 1.19 bits per heavy atom. The third-order valence-corrected chi connectivity index (χ3v) is 5.80. The van der Waals surface area contributed by atoms with Gasteiger partial charge in [-0.25, -0.2) is 4.98 Å². The van der Waals surface area contributed by atoms with Crippen LogP contribution in [0.5, 0.6) is 0 Å². The second-order valence-electron chi connectivity index (χ2n) is 9.56. The van der Waals surface area contributed by atoms with Gasteiger partial charge in [-0.15, -0.1) is 0 Å². The number of nitrogens with zero attached hydrogens (tertiary/aromatic N) is 3. The van der Waals surface area contributed by atoms with Gasteiger partial charge in [0.2, 0.25) is 0 Å². The molecular weight excluding hydrogens is 390 g/mol. The Morgan fingerprint density at radius 3 is 2.55 bits per heavy atom. The highest BCUT2D eigenvalue weighted by Crippen LogP contribution is 2.34. The highest BCUT2D eigenvalue weighted by atomic mass is 16.2. The molecule has 1 amide bonds. The van der Waals surface area contributed by atoms with Crippen molar-refractivity contribution in [3.63, 3.8) is 0 Å². The molecule has 0 radical (unpaired) electrons. The Kier molecular flexibility index (Phi) is 5.37. The van der Waals surface area contributed by atoms with Crippen molar-refractivity contribution >= 4 is 17.4 Å². The molecule has 164 valence electrons. The summed E-state index contributed by atoms with van der Waals surface area (Å²) < 4.78 is 2.10. The van der Waals surface area contributed by atoms with Crippen molar-refractivity contribution in [3.8, 4) is 0 Å². The molecule has 0 spiro atoms. The number of aromatic nitrogens is 3. The number of likely N-dealkylation sites (tertiary alicyclic amines) is 1. The summed E-state index contributed by atoms with van der Waals surface area (Å²) in [4.78, 5) is 34.9. The monoisotopic (exact) mass is 421 g/mol. The number of piperidine rings is 1. The van der Waals surface area contributed by atoms with Crippen molar-refractivity contribution in [3.05, 3.63) is 63.3 Å². The van der Waals surface area contributed by atoms with Crippen LogP contribution in [0.1, 0.15) is 66.8 Å². The zero-order valence-corrected chi connectivity index (χ0v) is 19.0. The van der Waals surface area contributed by atoms with E-state index in [0.717, 1.165) is 41.3 Å². The van der Waals surface area contributed by atoms with Gasteiger partial charge in [-0.1, -0.05) is 6.07 Å². The van der Waals surface area contributed by atoms with Crippen molar-refractivity contribution in [2.75, 3.05) is 18.4 Å². The van der Waals surface area contributed by atoms with Gasteiger partial charge in [0.25, 0.3) is 11.5 Å². The molecule has 2 N–H and O–H groups in total. The first-order valence-corrected chi connectivity index (χ1v) is 10.9. The van der Waals surface area contributed by atoms with Gasteiger partial charge >= 0.3 is 0 Å². The highest BCUT2D eigenvalue weighted by Gasteiger charge is 2.30. The Morgan fingerprint density at radius 2 is 1.90 bits per heavy atom. The van der Waals surface area contributed by atoms with Crippen LogP contribution in [0, 0.1) is 13.8 Å². The maximum absolute atomic E-state index is 13.1. The molecule has 7 heteroatoms. The molecule has 1 saturated heterocycles. The summed E-state index contributed by atoms with van der Waals surface area (Å²) in [6, 6.07) is 7.87. The molecule has 1 fully saturated rings. The summed E-state index contributed by atoms with van der Waals surface area (Å²) in [7, 11) is 0. The number of H-pyrrole nitrogens is 1. The molecule has 4 heterocycles. The topological polar surface area (TPSA) is 82.5 Å². The maximum atomic E-state index is 13.1. The van der Waals surface area contributed by atoms with Crippen molar-refractivity contribution in [1.82, 2.24) is 19.3 Å². The van der Waals surface area contributed by atoms with Crippen LogP contribution < -0.4 is 10.9 Å². The van der Waals surface area contributed by atoms with Gasteiger partial charge in [0.05, 0.1) is 5.69 Å². The molecule has 1 aliphatic rings. The van der Waals surface area contributed by atoms with E-state index in [9.17, 15) is 9.59 Å². The number of carbonyl (C=O) groups is 1. The minimum absolute atomic E-state index is 0.0960. The van der Waals surface area contributed by atoms with E-state index >= 15 is 0 Å². The largest absolute Gasteiger partial charge is 0.365 e. The Labute approximate surface area is 182 Å². The summed E-state index contributed by atoms with van der Waals surface area (Å²) >= 11 is 0. The van der Waals surface area contributed by atoms with Gasteiger partial charge in [0.1, 0.15) is 17.0 Å². The molecule has 0 bridgehead atoms. The van der Waals surface area contributed by atoms with E-state index in [1.807, 2.05) is 44.3 Å². The van der Waals surface area contributed by atoms with Crippen LogP contribution in [0.15, 0.2) is 35.3 Å². The minimum Gasteiger partial charge on any atom is -0.365 e. The smallest absolute Gasteiger partial charge is 0.261 e. The van der Waals surface area contributed by atoms with E-state index < -0.39 is 0 Å². The number of hydrogen-bond acceptors (Lipinski definition) is 4. The van der Waals surface area contributed by atoms with E-state index in [4.69, 9.17) is 4.98 Å². The number of amides is 1. The van der Waals surface area contributed by atoms with Crippen molar-refractivity contribution in [1.29, 1.82) is 0 Å². The van der Waals surface area contributed by atoms with Crippen LogP contribution in [-0.2, 0) is 0 Å². The van der Waals surface area contributed by atoms with E-state index in [0.29, 0.717) is 13.1 Å². The predicted molar refractivity (Wildman–Crippen MR) is 123 cm³/mol. The number of anilines is 1. The molecule has 4 rings (SSSR count). The maximum Gasteiger partial charge on any atom is 0.261 e. The fraction of sp³-hybridized carbons (Fsp3) is 0.458. The quantitative estimate of drug-likeness (QED) is 0.673. The number of carbonyl (C=O) groups excluding carboxylic acids is 1. The van der Waals surface area contributed by atoms with Gasteiger partial charge in [-0.2, -0.15) is 0 Å². The lowest BCUT2D eigenvalue weighted by molar-refractivity contribution is 0.0709. The SMILES string of the molecule is Cc1cc(C)c(C(=O)N2CCC(c3nc4ccccn4c3NC(C)(C)C)CC2)c(=O)[nH]1. The first-order chi connectivity index (χ1) is 14.6. The van der Waals surface area contributed by atoms with Gasteiger partial charge in [-0.3, -0.25) is 14.0 Å². The Hall–Kier alpha value is -3.09. The zero-order valence-electron chi connectivity index (χ0n) is 19.0. The van der Waals surface area contributed by atoms with E-state index in [-0.39, 0.29) is 28.5 Å². The molecule has 1 aliphatic heterocycles. The first-order valence-electron chi connectivity index (χ1n) is 10.9. The second-order valence-corrected chi connectivity index (χ2v) is 9.56. The lowest BCUT2D eigenvalue weighted by Gasteiger charge is -2.32. The molecule has 0 atom stereocenters. The molecule has 0 aromatic carbocycles. The average Bonchev–Trinajstić information content (AvgIpc) is 3.04. The summed E-state index contributed by atoms with van der Waals surface area (Å²) in [5, 5.41) is 3.62. The third kappa shape index (κ3) is 4.22. The average molecular weight is 422 g/mol. The Bertz CT molecular complexity index is 1180. The van der Waals surface area contributed by atoms with Crippen molar-refractivity contribution in [2.45, 2.75) is 58.9 Å². The summed E-state index contributed by atoms with van der Waals surface area (Å²) in [6.07, 6.45) is 3.67. The summed E-state index contributed by atoms with van der Waals surface area (Å²) in [5.74, 6) is 1.10. The number of hydrogen-bond donors (Lipinski definition) is 2. The number of rotatable bonds is 3. The molecule has 0 unspecified atom stereocenters. The number of pyridine rings is 2. The minimum atomic E-state index is -0.304. The molecular formula is C24H31N5O2. The normalized spacial score (nSPS) is 15.5. The highest BCUT2D eigenvalue weighted by molar-refractivity contribution is 5.95. The van der Waals surface area contributed by atoms with E-state index in [1.165, 1.54) is 0 Å². The van der Waals surface area contributed by atoms with Crippen LogP contribution in [0.25, 0.3) is 5.65 Å². The van der Waals surface area contributed by atoms with Crippen LogP contribution in [0.2, 0.25) is 0 Å². The standard InChI is InChI=1S/C24H31N5O2/c1-15-14-16(2)25-22(30)19(15)23(31)28-12-9-17(10-13-28)20-21(27-24(3,4)5)29-11-7-6-8-18(29)26-20/h6-8,11,14,17,27H,9-10,12-13H2,1-5H3,(H,25,30). The molecule has 3 aromatic rings. The molecule has 0 saturated carbocycles. The number of aryl methyl sites for hydroxylation is 2. The van der Waals surface area contributed by atoms with Gasteiger partial charge in [0, 0.05) is 36.4 Å². The molecule has 31 heavy (non-hydrogen) atoms. The van der Waals surface area contributed by atoms with Crippen molar-refractivity contribution < 1.29 is 4.79 Å². The second kappa shape index (κ2) is 7.87. The van der Waals surface area contributed by atoms with E-state index in [1.54, 1.807) is 4.90 Å². The predicted octanol–water partition coefficient (Wildman–Crippen LogP) is 3.87. The number of imidazole rings is 1. The van der Waals surface area contributed by atoms with Crippen LogP contribution in [0.3, 0.4) is 0 Å². The number of aromatic amines is 1. The molecule has 3 aromatic heterocycles. The number of nitrogens with one attached hydrogen (secondary N) is 2. The number of fused-ring (bicyclic) bond motifs is 1. The van der Waals surface area contributed by atoms with Gasteiger partial charge < -0.3 is 15.2 Å². The fourth-order valence-electron chi connectivity index (χ4n) is 4.41. The first kappa shape index (κ1) is 21.2. The molecule has 7 nitrogen and oxygen atoms in total. The van der Waals surface area contributed by atoms with Crippen LogP contribution in [0.4, 0.5) is 5.82 Å². The summed E-state index contributed by atoms with van der Waals surface area (Å²) in [6.45, 7) is 11.3. The van der Waals surface area contributed by atoms with Crippen molar-refractivity contribution in [2.24, 2.45) is 0 Å². The summed E-state index contributed by atoms with van der Waals surface area (Å²) in [5.41, 5.74) is 3.32. The van der Waals surface area contributed by atoms with Gasteiger partial charge in [0.15, 0.2) is 0 Å². The van der Waals surface area contributed by atoms with Crippen LogP contribution >= 0.6 is 0 Å². The lowest BCUT2D eigenvalue weighted by atomic mass is 9.92.